The molecule has 0 N–H and O–H groups in total. The summed E-state index contributed by atoms with van der Waals surface area (Å²) in [6.07, 6.45) is 0. The Morgan fingerprint density at radius 2 is 1.88 bits per heavy atom. The van der Waals surface area contributed by atoms with E-state index in [1.807, 2.05) is 44.3 Å². The van der Waals surface area contributed by atoms with Gasteiger partial charge in [0.2, 0.25) is 0 Å². The van der Waals surface area contributed by atoms with Crippen LogP contribution >= 0.6 is 11.6 Å². The van der Waals surface area contributed by atoms with Crippen LogP contribution in [0.4, 0.5) is 0 Å². The molecule has 2 heterocycles. The van der Waals surface area contributed by atoms with E-state index in [0.717, 1.165) is 49.5 Å². The minimum atomic E-state index is -0.169. The third-order valence-electron chi connectivity index (χ3n) is 4.66. The average molecular weight is 344 g/mol. The van der Waals surface area contributed by atoms with Crippen molar-refractivity contribution in [3.63, 3.8) is 0 Å². The lowest BCUT2D eigenvalue weighted by Gasteiger charge is -2.37. The van der Waals surface area contributed by atoms with Gasteiger partial charge in [-0.25, -0.2) is 0 Å². The molecule has 24 heavy (non-hydrogen) atoms. The molecule has 3 rings (SSSR count). The van der Waals surface area contributed by atoms with Crippen molar-refractivity contribution in [2.45, 2.75) is 19.5 Å². The van der Waals surface area contributed by atoms with Crippen molar-refractivity contribution in [2.75, 3.05) is 26.2 Å². The van der Waals surface area contributed by atoms with Gasteiger partial charge >= 0.3 is 0 Å². The molecule has 0 aliphatic carbocycles. The van der Waals surface area contributed by atoms with Crippen molar-refractivity contribution in [2.24, 2.45) is 7.05 Å². The number of aromatic nitrogens is 2. The van der Waals surface area contributed by atoms with Gasteiger partial charge in [-0.15, -0.1) is 0 Å². The number of piperazine rings is 1. The minimum absolute atomic E-state index is 0.169. The van der Waals surface area contributed by atoms with Gasteiger partial charge in [-0.05, 0) is 12.5 Å². The van der Waals surface area contributed by atoms with Crippen LogP contribution in [0.15, 0.2) is 30.3 Å². The summed E-state index contributed by atoms with van der Waals surface area (Å²) >= 11 is 6.34. The zero-order valence-electron chi connectivity index (χ0n) is 14.1. The molecule has 1 aromatic heterocycles. The molecule has 1 aliphatic rings. The molecule has 0 radical (unpaired) electrons. The van der Waals surface area contributed by atoms with Crippen LogP contribution < -0.4 is 0 Å². The Hall–Kier alpha value is -1.87. The normalized spacial score (nSPS) is 17.6. The van der Waals surface area contributed by atoms with Crippen molar-refractivity contribution < 1.29 is 0 Å². The molecule has 0 spiro atoms. The van der Waals surface area contributed by atoms with Gasteiger partial charge in [-0.3, -0.25) is 14.5 Å². The zero-order chi connectivity index (χ0) is 17.1. The molecular weight excluding hydrogens is 322 g/mol. The Bertz CT molecular complexity index is 726. The summed E-state index contributed by atoms with van der Waals surface area (Å²) < 4.78 is 1.73. The predicted molar refractivity (Wildman–Crippen MR) is 94.6 cm³/mol. The topological polar surface area (TPSA) is 48.1 Å². The van der Waals surface area contributed by atoms with Crippen LogP contribution in [-0.4, -0.2) is 45.8 Å². The highest BCUT2D eigenvalue weighted by Gasteiger charge is 2.26. The Balaban J connectivity index is 1.62. The molecule has 0 saturated carbocycles. The second kappa shape index (κ2) is 7.35. The second-order valence-corrected chi connectivity index (χ2v) is 6.59. The first-order valence-electron chi connectivity index (χ1n) is 8.19. The third-order valence-corrected chi connectivity index (χ3v) is 5.13. The van der Waals surface area contributed by atoms with Crippen molar-refractivity contribution in [3.05, 3.63) is 52.3 Å². The number of hydrogen-bond donors (Lipinski definition) is 0. The van der Waals surface area contributed by atoms with Crippen LogP contribution in [-0.2, 0) is 13.6 Å². The van der Waals surface area contributed by atoms with Gasteiger partial charge in [0.15, 0.2) is 0 Å². The molecule has 0 bridgehead atoms. The van der Waals surface area contributed by atoms with E-state index >= 15 is 0 Å². The molecule has 6 heteroatoms. The molecule has 5 nitrogen and oxygen atoms in total. The first-order valence-corrected chi connectivity index (χ1v) is 8.57. The first-order chi connectivity index (χ1) is 11.6. The maximum atomic E-state index is 9.57. The highest BCUT2D eigenvalue weighted by Crippen LogP contribution is 2.24. The van der Waals surface area contributed by atoms with E-state index in [0.29, 0.717) is 5.15 Å². The Labute approximate surface area is 148 Å². The predicted octanol–water partition coefficient (Wildman–Crippen LogP) is 2.76. The molecule has 1 atom stereocenters. The molecule has 126 valence electrons. The molecule has 0 unspecified atom stereocenters. The van der Waals surface area contributed by atoms with Crippen LogP contribution in [0, 0.1) is 18.3 Å². The molecular formula is C18H22ClN5. The standard InChI is InChI=1S/C18H22ClN5/c1-14-16(18(19)22(2)21-14)13-23-8-10-24(11-9-23)17(12-20)15-6-4-3-5-7-15/h3-7,17H,8-11,13H2,1-2H3/t17-/m0/s1. The number of nitriles is 1. The third kappa shape index (κ3) is 3.46. The van der Waals surface area contributed by atoms with Crippen molar-refractivity contribution >= 4 is 11.6 Å². The average Bonchev–Trinajstić information content (AvgIpc) is 2.84. The quantitative estimate of drug-likeness (QED) is 0.856. The largest absolute Gasteiger partial charge is 0.296 e. The zero-order valence-corrected chi connectivity index (χ0v) is 14.9. The molecule has 0 amide bonds. The van der Waals surface area contributed by atoms with Crippen molar-refractivity contribution in [3.8, 4) is 6.07 Å². The van der Waals surface area contributed by atoms with Gasteiger partial charge in [0.25, 0.3) is 0 Å². The smallest absolute Gasteiger partial charge is 0.131 e. The summed E-state index contributed by atoms with van der Waals surface area (Å²) in [7, 11) is 1.87. The molecule has 2 aromatic rings. The lowest BCUT2D eigenvalue weighted by Crippen LogP contribution is -2.47. The number of benzene rings is 1. The fourth-order valence-electron chi connectivity index (χ4n) is 3.26. The number of hydrogen-bond acceptors (Lipinski definition) is 4. The number of halogens is 1. The number of aryl methyl sites for hydroxylation is 2. The van der Waals surface area contributed by atoms with Gasteiger partial charge in [-0.1, -0.05) is 41.9 Å². The van der Waals surface area contributed by atoms with Gasteiger partial charge in [0, 0.05) is 45.3 Å². The summed E-state index contributed by atoms with van der Waals surface area (Å²) in [5, 5.41) is 14.7. The van der Waals surface area contributed by atoms with E-state index in [1.54, 1.807) is 4.68 Å². The van der Waals surface area contributed by atoms with E-state index < -0.39 is 0 Å². The lowest BCUT2D eigenvalue weighted by molar-refractivity contribution is 0.109. The molecule has 1 aliphatic heterocycles. The van der Waals surface area contributed by atoms with Crippen molar-refractivity contribution in [1.82, 2.24) is 19.6 Å². The van der Waals surface area contributed by atoms with Gasteiger partial charge in [0.05, 0.1) is 11.8 Å². The summed E-state index contributed by atoms with van der Waals surface area (Å²) in [5.74, 6) is 0. The summed E-state index contributed by atoms with van der Waals surface area (Å²) in [4.78, 5) is 4.63. The Morgan fingerprint density at radius 3 is 2.42 bits per heavy atom. The fourth-order valence-corrected chi connectivity index (χ4v) is 3.49. The molecule has 1 saturated heterocycles. The molecule has 1 aromatic carbocycles. The highest BCUT2D eigenvalue weighted by molar-refractivity contribution is 6.30. The van der Waals surface area contributed by atoms with Gasteiger partial charge in [-0.2, -0.15) is 10.4 Å². The first kappa shape index (κ1) is 17.0. The van der Waals surface area contributed by atoms with E-state index in [9.17, 15) is 5.26 Å². The van der Waals surface area contributed by atoms with Gasteiger partial charge in [0.1, 0.15) is 11.2 Å². The minimum Gasteiger partial charge on any atom is -0.296 e. The summed E-state index contributed by atoms with van der Waals surface area (Å²) in [6.45, 7) is 6.42. The Morgan fingerprint density at radius 1 is 1.21 bits per heavy atom. The summed E-state index contributed by atoms with van der Waals surface area (Å²) in [6, 6.07) is 12.3. The van der Waals surface area contributed by atoms with Crippen LogP contribution in [0.3, 0.4) is 0 Å². The number of nitrogens with zero attached hydrogens (tertiary/aromatic N) is 5. The SMILES string of the molecule is Cc1nn(C)c(Cl)c1CN1CCN([C@@H](C#N)c2ccccc2)CC1. The monoisotopic (exact) mass is 343 g/mol. The van der Waals surface area contributed by atoms with Crippen LogP contribution in [0.2, 0.25) is 5.15 Å². The second-order valence-electron chi connectivity index (χ2n) is 6.23. The maximum Gasteiger partial charge on any atom is 0.131 e. The highest BCUT2D eigenvalue weighted by atomic mass is 35.5. The van der Waals surface area contributed by atoms with E-state index in [2.05, 4.69) is 21.0 Å². The van der Waals surface area contributed by atoms with Gasteiger partial charge < -0.3 is 0 Å². The summed E-state index contributed by atoms with van der Waals surface area (Å²) in [5.41, 5.74) is 3.16. The Kier molecular flexibility index (Phi) is 5.20. The lowest BCUT2D eigenvalue weighted by atomic mass is 10.1. The van der Waals surface area contributed by atoms with E-state index in [4.69, 9.17) is 11.6 Å². The maximum absolute atomic E-state index is 9.57. The molecule has 1 fully saturated rings. The van der Waals surface area contributed by atoms with Crippen LogP contribution in [0.25, 0.3) is 0 Å². The van der Waals surface area contributed by atoms with E-state index in [-0.39, 0.29) is 6.04 Å². The number of rotatable bonds is 4. The fraction of sp³-hybridized carbons (Fsp3) is 0.444. The van der Waals surface area contributed by atoms with Crippen molar-refractivity contribution in [1.29, 1.82) is 5.26 Å². The van der Waals surface area contributed by atoms with Crippen LogP contribution in [0.5, 0.6) is 0 Å². The van der Waals surface area contributed by atoms with Crippen LogP contribution in [0.1, 0.15) is 22.9 Å². The van der Waals surface area contributed by atoms with E-state index in [1.165, 1.54) is 0 Å².